The molecule has 0 radical (unpaired) electrons. The molecule has 7 nitrogen and oxygen atoms in total. The first-order chi connectivity index (χ1) is 7.20. The van der Waals surface area contributed by atoms with E-state index >= 15 is 0 Å². The molecule has 3 atom stereocenters. The fraction of sp³-hybridized carbons (Fsp3) is 0.750. The molecule has 1 fully saturated rings. The third-order valence-electron chi connectivity index (χ3n) is 2.47. The van der Waals surface area contributed by atoms with Gasteiger partial charge in [-0.15, -0.1) is 5.10 Å². The van der Waals surface area contributed by atoms with Crippen molar-refractivity contribution in [3.63, 3.8) is 0 Å². The highest BCUT2D eigenvalue weighted by Gasteiger charge is 2.33. The Labute approximate surface area is 86.5 Å². The molecular weight excluding hydrogens is 200 g/mol. The van der Waals surface area contributed by atoms with Gasteiger partial charge in [-0.3, -0.25) is 0 Å². The minimum absolute atomic E-state index is 0.139. The summed E-state index contributed by atoms with van der Waals surface area (Å²) in [4.78, 5) is 0. The molecule has 1 saturated heterocycles. The van der Waals surface area contributed by atoms with Crippen molar-refractivity contribution in [1.82, 2.24) is 15.0 Å². The van der Waals surface area contributed by atoms with Crippen molar-refractivity contribution in [2.24, 2.45) is 5.73 Å². The van der Waals surface area contributed by atoms with E-state index in [-0.39, 0.29) is 19.3 Å². The van der Waals surface area contributed by atoms with Crippen molar-refractivity contribution in [2.45, 2.75) is 31.4 Å². The highest BCUT2D eigenvalue weighted by Crippen LogP contribution is 2.13. The topological polar surface area (TPSA) is 106 Å². The molecule has 0 bridgehead atoms. The van der Waals surface area contributed by atoms with Crippen LogP contribution < -0.4 is 5.73 Å². The van der Waals surface area contributed by atoms with Crippen LogP contribution in [0.1, 0.15) is 5.69 Å². The lowest BCUT2D eigenvalue weighted by molar-refractivity contribution is 0.0759. The fourth-order valence-electron chi connectivity index (χ4n) is 1.55. The number of aliphatic hydroxyl groups excluding tert-OH is 2. The summed E-state index contributed by atoms with van der Waals surface area (Å²) in [6, 6.07) is -0.397. The van der Waals surface area contributed by atoms with Gasteiger partial charge in [-0.1, -0.05) is 5.21 Å². The third-order valence-corrected chi connectivity index (χ3v) is 2.47. The molecule has 1 aliphatic heterocycles. The number of aromatic nitrogens is 3. The lowest BCUT2D eigenvalue weighted by Crippen LogP contribution is -2.40. The summed E-state index contributed by atoms with van der Waals surface area (Å²) in [6.45, 7) is 0.554. The number of hydrogen-bond donors (Lipinski definition) is 3. The van der Waals surface area contributed by atoms with E-state index in [9.17, 15) is 5.11 Å². The summed E-state index contributed by atoms with van der Waals surface area (Å²) in [6.07, 6.45) is 0.755. The van der Waals surface area contributed by atoms with Gasteiger partial charge in [0.2, 0.25) is 0 Å². The van der Waals surface area contributed by atoms with Crippen molar-refractivity contribution in [1.29, 1.82) is 0 Å². The molecule has 1 aliphatic rings. The number of ether oxygens (including phenoxy) is 1. The molecule has 0 amide bonds. The van der Waals surface area contributed by atoms with Crippen LogP contribution in [-0.2, 0) is 17.9 Å². The summed E-state index contributed by atoms with van der Waals surface area (Å²) >= 11 is 0. The Kier molecular flexibility index (Phi) is 2.96. The SMILES string of the molecule is N[C@@H]1[C@@H](O)CO[C@@H]1Cn1cc(CO)nn1. The van der Waals surface area contributed by atoms with Gasteiger partial charge in [0.1, 0.15) is 5.69 Å². The molecular formula is C8H14N4O3. The summed E-state index contributed by atoms with van der Waals surface area (Å²) in [7, 11) is 0. The van der Waals surface area contributed by atoms with E-state index in [1.807, 2.05) is 0 Å². The normalized spacial score (nSPS) is 31.0. The molecule has 0 spiro atoms. The molecule has 0 aromatic carbocycles. The van der Waals surface area contributed by atoms with E-state index in [0.717, 1.165) is 0 Å². The van der Waals surface area contributed by atoms with Gasteiger partial charge in [0.15, 0.2) is 0 Å². The number of rotatable bonds is 3. The lowest BCUT2D eigenvalue weighted by atomic mass is 10.1. The zero-order valence-electron chi connectivity index (χ0n) is 8.15. The second-order valence-corrected chi connectivity index (χ2v) is 3.61. The van der Waals surface area contributed by atoms with Crippen molar-refractivity contribution in [3.8, 4) is 0 Å². The molecule has 0 saturated carbocycles. The molecule has 2 heterocycles. The molecule has 4 N–H and O–H groups in total. The Morgan fingerprint density at radius 3 is 3.00 bits per heavy atom. The van der Waals surface area contributed by atoms with Crippen molar-refractivity contribution in [2.75, 3.05) is 6.61 Å². The first-order valence-corrected chi connectivity index (χ1v) is 4.76. The predicted octanol–water partition coefficient (Wildman–Crippen LogP) is -2.14. The van der Waals surface area contributed by atoms with Crippen molar-refractivity contribution < 1.29 is 14.9 Å². The minimum atomic E-state index is -0.615. The Hall–Kier alpha value is -1.02. The summed E-state index contributed by atoms with van der Waals surface area (Å²) in [5.41, 5.74) is 6.23. The molecule has 7 heteroatoms. The quantitative estimate of drug-likeness (QED) is 0.530. The number of aliphatic hydroxyl groups is 2. The maximum absolute atomic E-state index is 9.36. The average molecular weight is 214 g/mol. The zero-order valence-corrected chi connectivity index (χ0v) is 8.15. The van der Waals surface area contributed by atoms with E-state index in [2.05, 4.69) is 10.3 Å². The lowest BCUT2D eigenvalue weighted by Gasteiger charge is -2.14. The molecule has 0 unspecified atom stereocenters. The van der Waals surface area contributed by atoms with Crippen LogP contribution in [0.3, 0.4) is 0 Å². The first kappa shape index (κ1) is 10.5. The highest BCUT2D eigenvalue weighted by atomic mass is 16.5. The Morgan fingerprint density at radius 2 is 2.47 bits per heavy atom. The van der Waals surface area contributed by atoms with Gasteiger partial charge in [-0.25, -0.2) is 4.68 Å². The molecule has 1 aromatic rings. The summed E-state index contributed by atoms with van der Waals surface area (Å²) in [5, 5.41) is 25.7. The Morgan fingerprint density at radius 1 is 1.67 bits per heavy atom. The maximum Gasteiger partial charge on any atom is 0.108 e. The van der Waals surface area contributed by atoms with E-state index in [4.69, 9.17) is 15.6 Å². The van der Waals surface area contributed by atoms with Crippen LogP contribution in [0.25, 0.3) is 0 Å². The third kappa shape index (κ3) is 2.15. The van der Waals surface area contributed by atoms with Crippen LogP contribution in [-0.4, -0.2) is 50.1 Å². The van der Waals surface area contributed by atoms with Crippen LogP contribution in [0.2, 0.25) is 0 Å². The Bertz CT molecular complexity index is 329. The maximum atomic E-state index is 9.36. The fourth-order valence-corrected chi connectivity index (χ4v) is 1.55. The molecule has 1 aromatic heterocycles. The van der Waals surface area contributed by atoms with Crippen LogP contribution in [0.4, 0.5) is 0 Å². The van der Waals surface area contributed by atoms with Crippen molar-refractivity contribution in [3.05, 3.63) is 11.9 Å². The summed E-state index contributed by atoms with van der Waals surface area (Å²) < 4.78 is 6.85. The molecule has 84 valence electrons. The second kappa shape index (κ2) is 4.23. The second-order valence-electron chi connectivity index (χ2n) is 3.61. The van der Waals surface area contributed by atoms with E-state index in [1.54, 1.807) is 10.9 Å². The Balaban J connectivity index is 1.97. The highest BCUT2D eigenvalue weighted by molar-refractivity contribution is 4.92. The zero-order chi connectivity index (χ0) is 10.8. The number of nitrogens with two attached hydrogens (primary N) is 1. The standard InChI is InChI=1S/C8H14N4O3/c9-8-6(14)4-15-7(8)2-12-1-5(3-13)10-11-12/h1,6-8,13-14H,2-4,9H2/t6-,7+,8+/m0/s1. The first-order valence-electron chi connectivity index (χ1n) is 4.76. The van der Waals surface area contributed by atoms with Gasteiger partial charge in [0, 0.05) is 0 Å². The average Bonchev–Trinajstić information content (AvgIpc) is 2.80. The van der Waals surface area contributed by atoms with Crippen LogP contribution in [0.5, 0.6) is 0 Å². The minimum Gasteiger partial charge on any atom is -0.390 e. The van der Waals surface area contributed by atoms with E-state index in [0.29, 0.717) is 12.2 Å². The number of nitrogens with zero attached hydrogens (tertiary/aromatic N) is 3. The molecule has 2 rings (SSSR count). The van der Waals surface area contributed by atoms with Crippen LogP contribution >= 0.6 is 0 Å². The van der Waals surface area contributed by atoms with Gasteiger partial charge in [0.05, 0.1) is 44.2 Å². The van der Waals surface area contributed by atoms with Crippen LogP contribution in [0, 0.1) is 0 Å². The molecule has 15 heavy (non-hydrogen) atoms. The summed E-state index contributed by atoms with van der Waals surface area (Å²) in [5.74, 6) is 0. The van der Waals surface area contributed by atoms with Gasteiger partial charge < -0.3 is 20.7 Å². The monoisotopic (exact) mass is 214 g/mol. The number of hydrogen-bond acceptors (Lipinski definition) is 6. The van der Waals surface area contributed by atoms with Crippen molar-refractivity contribution >= 4 is 0 Å². The molecule has 0 aliphatic carbocycles. The van der Waals surface area contributed by atoms with Gasteiger partial charge >= 0.3 is 0 Å². The predicted molar refractivity (Wildman–Crippen MR) is 49.7 cm³/mol. The van der Waals surface area contributed by atoms with E-state index < -0.39 is 12.1 Å². The van der Waals surface area contributed by atoms with Gasteiger partial charge in [0.25, 0.3) is 0 Å². The largest absolute Gasteiger partial charge is 0.390 e. The van der Waals surface area contributed by atoms with Gasteiger partial charge in [-0.2, -0.15) is 0 Å². The van der Waals surface area contributed by atoms with E-state index in [1.165, 1.54) is 0 Å². The van der Waals surface area contributed by atoms with Crippen LogP contribution in [0.15, 0.2) is 6.20 Å². The van der Waals surface area contributed by atoms with Gasteiger partial charge in [-0.05, 0) is 0 Å². The smallest absolute Gasteiger partial charge is 0.108 e.